The zero-order chi connectivity index (χ0) is 20.5. The molecule has 29 heavy (non-hydrogen) atoms. The summed E-state index contributed by atoms with van der Waals surface area (Å²) in [6.07, 6.45) is 2.14. The van der Waals surface area contributed by atoms with Gasteiger partial charge in [-0.25, -0.2) is 4.68 Å². The van der Waals surface area contributed by atoms with E-state index in [1.54, 1.807) is 0 Å². The van der Waals surface area contributed by atoms with Crippen LogP contribution in [0.25, 0.3) is 5.69 Å². The van der Waals surface area contributed by atoms with Gasteiger partial charge in [0.15, 0.2) is 0 Å². The molecular weight excluding hydrogens is 382 g/mol. The van der Waals surface area contributed by atoms with Gasteiger partial charge < -0.3 is 4.90 Å². The molecule has 0 radical (unpaired) electrons. The van der Waals surface area contributed by atoms with E-state index in [0.717, 1.165) is 46.2 Å². The number of carbonyl (C=O) groups excluding carboxylic acids is 1. The van der Waals surface area contributed by atoms with Gasteiger partial charge in [-0.2, -0.15) is 5.10 Å². The summed E-state index contributed by atoms with van der Waals surface area (Å²) >= 11 is 6.30. The number of hydrogen-bond donors (Lipinski definition) is 0. The molecule has 1 aromatic heterocycles. The topological polar surface area (TPSA) is 38.1 Å². The molecular formula is C24H26ClN3O. The molecule has 2 heterocycles. The molecule has 0 bridgehead atoms. The van der Waals surface area contributed by atoms with E-state index in [1.165, 1.54) is 11.1 Å². The van der Waals surface area contributed by atoms with Crippen LogP contribution in [0, 0.1) is 20.8 Å². The van der Waals surface area contributed by atoms with Crippen molar-refractivity contribution in [2.75, 3.05) is 6.54 Å². The Bertz CT molecular complexity index is 1070. The summed E-state index contributed by atoms with van der Waals surface area (Å²) in [5, 5.41) is 5.44. The number of amides is 1. The zero-order valence-electron chi connectivity index (χ0n) is 17.2. The molecule has 4 nitrogen and oxygen atoms in total. The van der Waals surface area contributed by atoms with Gasteiger partial charge in [0.25, 0.3) is 0 Å². The van der Waals surface area contributed by atoms with Gasteiger partial charge in [0, 0.05) is 30.2 Å². The van der Waals surface area contributed by atoms with Gasteiger partial charge in [-0.15, -0.1) is 0 Å². The molecule has 0 spiro atoms. The lowest BCUT2D eigenvalue weighted by Gasteiger charge is -2.29. The molecule has 1 aliphatic rings. The fourth-order valence-electron chi connectivity index (χ4n) is 4.10. The fourth-order valence-corrected chi connectivity index (χ4v) is 4.28. The van der Waals surface area contributed by atoms with Crippen LogP contribution in [0.15, 0.2) is 42.5 Å². The highest BCUT2D eigenvalue weighted by molar-refractivity contribution is 6.31. The third-order valence-electron chi connectivity index (χ3n) is 5.91. The number of aromatic nitrogens is 2. The summed E-state index contributed by atoms with van der Waals surface area (Å²) < 4.78 is 1.93. The highest BCUT2D eigenvalue weighted by Crippen LogP contribution is 2.24. The van der Waals surface area contributed by atoms with Crippen molar-refractivity contribution in [3.63, 3.8) is 0 Å². The number of rotatable bonds is 4. The van der Waals surface area contributed by atoms with Gasteiger partial charge in [0.05, 0.1) is 11.4 Å². The van der Waals surface area contributed by atoms with E-state index < -0.39 is 0 Å². The van der Waals surface area contributed by atoms with E-state index in [-0.39, 0.29) is 5.91 Å². The summed E-state index contributed by atoms with van der Waals surface area (Å²) in [5.41, 5.74) is 7.81. The molecule has 0 aliphatic carbocycles. The molecule has 1 aliphatic heterocycles. The quantitative estimate of drug-likeness (QED) is 0.612. The minimum Gasteiger partial charge on any atom is -0.338 e. The van der Waals surface area contributed by atoms with E-state index >= 15 is 0 Å². The van der Waals surface area contributed by atoms with Crippen LogP contribution in [0.4, 0.5) is 0 Å². The number of halogens is 1. The molecule has 3 aromatic rings. The first-order valence-corrected chi connectivity index (χ1v) is 10.5. The molecule has 1 amide bonds. The summed E-state index contributed by atoms with van der Waals surface area (Å²) in [4.78, 5) is 14.8. The van der Waals surface area contributed by atoms with E-state index in [4.69, 9.17) is 16.7 Å². The highest BCUT2D eigenvalue weighted by Gasteiger charge is 2.21. The molecule has 0 saturated heterocycles. The lowest BCUT2D eigenvalue weighted by Crippen LogP contribution is -2.36. The Balaban J connectivity index is 1.47. The lowest BCUT2D eigenvalue weighted by molar-refractivity contribution is -0.132. The first kappa shape index (κ1) is 19.7. The largest absolute Gasteiger partial charge is 0.338 e. The van der Waals surface area contributed by atoms with Gasteiger partial charge >= 0.3 is 0 Å². The summed E-state index contributed by atoms with van der Waals surface area (Å²) in [5.74, 6) is 0.212. The van der Waals surface area contributed by atoms with Gasteiger partial charge in [0.1, 0.15) is 0 Å². The average molecular weight is 408 g/mol. The van der Waals surface area contributed by atoms with Gasteiger partial charge in [0.2, 0.25) is 5.91 Å². The van der Waals surface area contributed by atoms with E-state index in [0.29, 0.717) is 19.4 Å². The van der Waals surface area contributed by atoms with E-state index in [9.17, 15) is 4.79 Å². The molecule has 0 saturated carbocycles. The van der Waals surface area contributed by atoms with Crippen molar-refractivity contribution in [2.45, 2.75) is 46.6 Å². The average Bonchev–Trinajstić information content (AvgIpc) is 3.01. The molecule has 0 fully saturated rings. The van der Waals surface area contributed by atoms with Crippen LogP contribution in [0.5, 0.6) is 0 Å². The Morgan fingerprint density at radius 3 is 2.62 bits per heavy atom. The van der Waals surface area contributed by atoms with Crippen molar-refractivity contribution >= 4 is 17.5 Å². The molecule has 150 valence electrons. The van der Waals surface area contributed by atoms with Crippen LogP contribution in [0.2, 0.25) is 5.02 Å². The van der Waals surface area contributed by atoms with Crippen LogP contribution < -0.4 is 0 Å². The molecule has 4 rings (SSSR count). The Morgan fingerprint density at radius 2 is 1.86 bits per heavy atom. The van der Waals surface area contributed by atoms with E-state index in [2.05, 4.69) is 25.1 Å². The number of hydrogen-bond acceptors (Lipinski definition) is 2. The minimum absolute atomic E-state index is 0.212. The molecule has 0 unspecified atom stereocenters. The molecule has 2 aromatic carbocycles. The Labute approximate surface area is 177 Å². The minimum atomic E-state index is 0.212. The van der Waals surface area contributed by atoms with Crippen molar-refractivity contribution in [2.24, 2.45) is 0 Å². The standard InChI is InChI=1S/C24H26ClN3O/c1-16-8-9-21(14-23(16)25)28-18(3)22(17(2)26-28)10-11-24(29)27-13-12-19-6-4-5-7-20(19)15-27/h4-9,14H,10-13,15H2,1-3H3. The Morgan fingerprint density at radius 1 is 1.10 bits per heavy atom. The van der Waals surface area contributed by atoms with Crippen LogP contribution in [-0.2, 0) is 24.2 Å². The van der Waals surface area contributed by atoms with Gasteiger partial charge in [-0.3, -0.25) is 4.79 Å². The maximum Gasteiger partial charge on any atom is 0.223 e. The van der Waals surface area contributed by atoms with Crippen LogP contribution in [-0.4, -0.2) is 27.1 Å². The summed E-state index contributed by atoms with van der Waals surface area (Å²) in [6.45, 7) is 7.58. The van der Waals surface area contributed by atoms with Crippen molar-refractivity contribution in [3.8, 4) is 5.69 Å². The number of benzene rings is 2. The van der Waals surface area contributed by atoms with Gasteiger partial charge in [-0.05, 0) is 68.0 Å². The number of fused-ring (bicyclic) bond motifs is 1. The Hall–Kier alpha value is -2.59. The normalized spacial score (nSPS) is 13.4. The number of nitrogens with zero attached hydrogens (tertiary/aromatic N) is 3. The number of carbonyl (C=O) groups is 1. The van der Waals surface area contributed by atoms with Gasteiger partial charge in [-0.1, -0.05) is 41.9 Å². The maximum atomic E-state index is 12.8. The van der Waals surface area contributed by atoms with Crippen molar-refractivity contribution in [1.29, 1.82) is 0 Å². The second kappa shape index (κ2) is 8.03. The number of aryl methyl sites for hydroxylation is 2. The first-order chi connectivity index (χ1) is 13.9. The summed E-state index contributed by atoms with van der Waals surface area (Å²) in [6, 6.07) is 14.4. The van der Waals surface area contributed by atoms with Crippen LogP contribution >= 0.6 is 11.6 Å². The third-order valence-corrected chi connectivity index (χ3v) is 6.32. The van der Waals surface area contributed by atoms with E-state index in [1.807, 2.05) is 47.7 Å². The Kier molecular flexibility index (Phi) is 5.46. The van der Waals surface area contributed by atoms with Crippen molar-refractivity contribution in [1.82, 2.24) is 14.7 Å². The predicted molar refractivity (Wildman–Crippen MR) is 117 cm³/mol. The molecule has 0 N–H and O–H groups in total. The zero-order valence-corrected chi connectivity index (χ0v) is 18.0. The second-order valence-electron chi connectivity index (χ2n) is 7.83. The van der Waals surface area contributed by atoms with Crippen LogP contribution in [0.3, 0.4) is 0 Å². The third kappa shape index (κ3) is 3.95. The smallest absolute Gasteiger partial charge is 0.223 e. The predicted octanol–water partition coefficient (Wildman–Crippen LogP) is 4.97. The molecule has 5 heteroatoms. The van der Waals surface area contributed by atoms with Crippen LogP contribution in [0.1, 0.15) is 40.1 Å². The maximum absolute atomic E-state index is 12.8. The highest BCUT2D eigenvalue weighted by atomic mass is 35.5. The SMILES string of the molecule is Cc1ccc(-n2nc(C)c(CCC(=O)N3CCc4ccccc4C3)c2C)cc1Cl. The second-order valence-corrected chi connectivity index (χ2v) is 8.24. The van der Waals surface area contributed by atoms with Crippen molar-refractivity contribution < 1.29 is 4.79 Å². The first-order valence-electron chi connectivity index (χ1n) is 10.1. The van der Waals surface area contributed by atoms with Crippen molar-refractivity contribution in [3.05, 3.63) is 81.1 Å². The summed E-state index contributed by atoms with van der Waals surface area (Å²) in [7, 11) is 0. The monoisotopic (exact) mass is 407 g/mol. The molecule has 0 atom stereocenters. The lowest BCUT2D eigenvalue weighted by atomic mass is 9.99. The fraction of sp³-hybridized carbons (Fsp3) is 0.333.